The van der Waals surface area contributed by atoms with E-state index in [0.717, 1.165) is 43.7 Å². The van der Waals surface area contributed by atoms with E-state index in [1.54, 1.807) is 6.08 Å². The van der Waals surface area contributed by atoms with Crippen molar-refractivity contribution in [2.75, 3.05) is 0 Å². The molecule has 0 saturated carbocycles. The van der Waals surface area contributed by atoms with Gasteiger partial charge in [0.2, 0.25) is 0 Å². The van der Waals surface area contributed by atoms with Crippen LogP contribution in [-0.2, 0) is 20.7 Å². The van der Waals surface area contributed by atoms with Crippen molar-refractivity contribution in [1.82, 2.24) is 0 Å². The third-order valence-corrected chi connectivity index (χ3v) is 9.80. The Balaban J connectivity index is 1.58. The molecule has 0 bridgehead atoms. The van der Waals surface area contributed by atoms with Crippen molar-refractivity contribution in [3.63, 3.8) is 0 Å². The van der Waals surface area contributed by atoms with Gasteiger partial charge in [0.1, 0.15) is 6.61 Å². The van der Waals surface area contributed by atoms with Gasteiger partial charge in [-0.05, 0) is 40.8 Å². The molecule has 0 spiro atoms. The molecule has 5 aromatic rings. The summed E-state index contributed by atoms with van der Waals surface area (Å²) < 4.78 is 20.7. The molecule has 0 saturated heterocycles. The Labute approximate surface area is 229 Å². The molecule has 0 unspecified atom stereocenters. The van der Waals surface area contributed by atoms with E-state index in [-0.39, 0.29) is 6.61 Å². The SMILES string of the molecule is Cc1cccc(/C=C/C(=O)OCc2ccccc2)c1-c1ccccc1P(=O)(c1ccccc1)c1ccccc1. The molecule has 0 amide bonds. The highest BCUT2D eigenvalue weighted by Crippen LogP contribution is 2.46. The summed E-state index contributed by atoms with van der Waals surface area (Å²) in [6.45, 7) is 2.25. The van der Waals surface area contributed by atoms with Crippen molar-refractivity contribution < 1.29 is 14.1 Å². The molecule has 0 radical (unpaired) electrons. The largest absolute Gasteiger partial charge is 0.458 e. The monoisotopic (exact) mass is 528 g/mol. The Hall–Kier alpha value is -4.46. The highest BCUT2D eigenvalue weighted by molar-refractivity contribution is 7.85. The Bertz CT molecular complexity index is 1600. The zero-order chi connectivity index (χ0) is 27.1. The Morgan fingerprint density at radius 2 is 1.26 bits per heavy atom. The van der Waals surface area contributed by atoms with E-state index in [0.29, 0.717) is 0 Å². The minimum Gasteiger partial charge on any atom is -0.458 e. The molecule has 0 N–H and O–H groups in total. The first-order valence-corrected chi connectivity index (χ1v) is 14.6. The number of hydrogen-bond donors (Lipinski definition) is 0. The summed E-state index contributed by atoms with van der Waals surface area (Å²) in [5, 5.41) is 2.32. The zero-order valence-corrected chi connectivity index (χ0v) is 22.6. The number of benzene rings is 5. The van der Waals surface area contributed by atoms with Crippen LogP contribution in [0.3, 0.4) is 0 Å². The van der Waals surface area contributed by atoms with Crippen LogP contribution in [0.15, 0.2) is 140 Å². The van der Waals surface area contributed by atoms with Gasteiger partial charge >= 0.3 is 5.97 Å². The van der Waals surface area contributed by atoms with E-state index in [1.165, 1.54) is 6.08 Å². The van der Waals surface area contributed by atoms with Crippen molar-refractivity contribution in [1.29, 1.82) is 0 Å². The zero-order valence-electron chi connectivity index (χ0n) is 21.7. The summed E-state index contributed by atoms with van der Waals surface area (Å²) in [6.07, 6.45) is 3.24. The van der Waals surface area contributed by atoms with Gasteiger partial charge in [-0.25, -0.2) is 4.79 Å². The molecule has 4 heteroatoms. The van der Waals surface area contributed by atoms with Gasteiger partial charge in [-0.1, -0.05) is 133 Å². The fourth-order valence-electron chi connectivity index (χ4n) is 4.79. The molecule has 0 heterocycles. The van der Waals surface area contributed by atoms with Gasteiger partial charge in [-0.15, -0.1) is 0 Å². The molecular weight excluding hydrogens is 499 g/mol. The van der Waals surface area contributed by atoms with Crippen LogP contribution in [0.5, 0.6) is 0 Å². The number of ether oxygens (including phenoxy) is 1. The lowest BCUT2D eigenvalue weighted by Gasteiger charge is -2.24. The van der Waals surface area contributed by atoms with E-state index >= 15 is 4.57 Å². The second-order valence-corrected chi connectivity index (χ2v) is 12.0. The van der Waals surface area contributed by atoms with Gasteiger partial charge in [-0.2, -0.15) is 0 Å². The van der Waals surface area contributed by atoms with Crippen molar-refractivity contribution >= 4 is 35.1 Å². The van der Waals surface area contributed by atoms with Crippen LogP contribution in [-0.4, -0.2) is 5.97 Å². The second kappa shape index (κ2) is 11.9. The van der Waals surface area contributed by atoms with Gasteiger partial charge in [0.25, 0.3) is 0 Å². The average Bonchev–Trinajstić information content (AvgIpc) is 3.00. The summed E-state index contributed by atoms with van der Waals surface area (Å²) in [5.74, 6) is -0.418. The van der Waals surface area contributed by atoms with E-state index in [9.17, 15) is 4.79 Å². The summed E-state index contributed by atoms with van der Waals surface area (Å²) >= 11 is 0. The van der Waals surface area contributed by atoms with Crippen molar-refractivity contribution in [3.8, 4) is 11.1 Å². The van der Waals surface area contributed by atoms with E-state index < -0.39 is 13.1 Å². The predicted molar refractivity (Wildman–Crippen MR) is 161 cm³/mol. The Morgan fingerprint density at radius 3 is 1.90 bits per heavy atom. The topological polar surface area (TPSA) is 43.4 Å². The molecule has 39 heavy (non-hydrogen) atoms. The van der Waals surface area contributed by atoms with Crippen LogP contribution in [0.4, 0.5) is 0 Å². The maximum absolute atomic E-state index is 15.2. The standard InChI is InChI=1S/C35H29O3P/c1-27-14-13-17-29(24-25-34(36)38-26-28-15-5-2-6-16-28)35(27)32-22-11-12-23-33(32)39(37,30-18-7-3-8-19-30)31-20-9-4-10-21-31/h2-25H,26H2,1H3/b25-24+. The molecule has 5 rings (SSSR count). The normalized spacial score (nSPS) is 11.4. The van der Waals surface area contributed by atoms with Crippen molar-refractivity contribution in [2.45, 2.75) is 13.5 Å². The highest BCUT2D eigenvalue weighted by Gasteiger charge is 2.32. The summed E-state index contributed by atoms with van der Waals surface area (Å²) in [6, 6.07) is 42.8. The number of rotatable bonds is 8. The summed E-state index contributed by atoms with van der Waals surface area (Å²) in [4.78, 5) is 12.6. The number of esters is 1. The Kier molecular flexibility index (Phi) is 8.01. The van der Waals surface area contributed by atoms with Crippen LogP contribution in [0.2, 0.25) is 0 Å². The molecule has 0 fully saturated rings. The molecule has 0 aliphatic rings. The number of carbonyl (C=O) groups excluding carboxylic acids is 1. The first kappa shape index (κ1) is 26.2. The van der Waals surface area contributed by atoms with Gasteiger partial charge in [0.15, 0.2) is 7.14 Å². The molecule has 3 nitrogen and oxygen atoms in total. The van der Waals surface area contributed by atoms with Crippen molar-refractivity contribution in [2.24, 2.45) is 0 Å². The highest BCUT2D eigenvalue weighted by atomic mass is 31.2. The first-order valence-electron chi connectivity index (χ1n) is 12.9. The predicted octanol–water partition coefficient (Wildman–Crippen LogP) is 7.06. The third kappa shape index (κ3) is 5.70. The molecule has 0 aliphatic heterocycles. The van der Waals surface area contributed by atoms with Gasteiger partial charge < -0.3 is 9.30 Å². The Morgan fingerprint density at radius 1 is 0.692 bits per heavy atom. The van der Waals surface area contributed by atoms with Crippen LogP contribution in [0, 0.1) is 6.92 Å². The van der Waals surface area contributed by atoms with Gasteiger partial charge in [-0.3, -0.25) is 0 Å². The number of hydrogen-bond acceptors (Lipinski definition) is 3. The van der Waals surface area contributed by atoms with Crippen LogP contribution in [0.1, 0.15) is 16.7 Å². The lowest BCUT2D eigenvalue weighted by atomic mass is 9.94. The fourth-order valence-corrected chi connectivity index (χ4v) is 7.65. The van der Waals surface area contributed by atoms with Gasteiger partial charge in [0, 0.05) is 22.0 Å². The lowest BCUT2D eigenvalue weighted by Crippen LogP contribution is -2.26. The molecule has 192 valence electrons. The van der Waals surface area contributed by atoms with E-state index in [4.69, 9.17) is 4.74 Å². The summed E-state index contributed by atoms with van der Waals surface area (Å²) in [5.41, 5.74) is 4.62. The maximum atomic E-state index is 15.2. The first-order chi connectivity index (χ1) is 19.1. The number of aryl methyl sites for hydroxylation is 1. The minimum atomic E-state index is -3.22. The fraction of sp³-hybridized carbons (Fsp3) is 0.0571. The van der Waals surface area contributed by atoms with Crippen LogP contribution >= 0.6 is 7.14 Å². The van der Waals surface area contributed by atoms with Crippen molar-refractivity contribution in [3.05, 3.63) is 156 Å². The van der Waals surface area contributed by atoms with E-state index in [1.807, 2.05) is 140 Å². The second-order valence-electron chi connectivity index (χ2n) is 9.26. The van der Waals surface area contributed by atoms with Crippen LogP contribution < -0.4 is 15.9 Å². The van der Waals surface area contributed by atoms with Crippen LogP contribution in [0.25, 0.3) is 17.2 Å². The summed E-state index contributed by atoms with van der Waals surface area (Å²) in [7, 11) is -3.22. The third-order valence-electron chi connectivity index (χ3n) is 6.68. The smallest absolute Gasteiger partial charge is 0.331 e. The maximum Gasteiger partial charge on any atom is 0.331 e. The molecular formula is C35H29O3P. The minimum absolute atomic E-state index is 0.213. The number of carbonyl (C=O) groups is 1. The van der Waals surface area contributed by atoms with Gasteiger partial charge in [0.05, 0.1) is 0 Å². The molecule has 0 aromatic heterocycles. The molecule has 0 aliphatic carbocycles. The quantitative estimate of drug-likeness (QED) is 0.123. The van der Waals surface area contributed by atoms with E-state index in [2.05, 4.69) is 0 Å². The molecule has 5 aromatic carbocycles. The molecule has 0 atom stereocenters. The average molecular weight is 529 g/mol. The lowest BCUT2D eigenvalue weighted by molar-refractivity contribution is -0.138.